The van der Waals surface area contributed by atoms with E-state index in [2.05, 4.69) is 36.5 Å². The van der Waals surface area contributed by atoms with Crippen LogP contribution in [0.5, 0.6) is 0 Å². The molecule has 0 aliphatic rings. The zero-order chi connectivity index (χ0) is 24.6. The Morgan fingerprint density at radius 1 is 0.944 bits per heavy atom. The Morgan fingerprint density at radius 3 is 2.61 bits per heavy atom. The fourth-order valence-electron chi connectivity index (χ4n) is 4.35. The highest BCUT2D eigenvalue weighted by Crippen LogP contribution is 2.35. The predicted octanol–water partition coefficient (Wildman–Crippen LogP) is 6.32. The van der Waals surface area contributed by atoms with Crippen molar-refractivity contribution in [3.05, 3.63) is 85.1 Å². The van der Waals surface area contributed by atoms with E-state index in [9.17, 15) is 9.18 Å². The first kappa shape index (κ1) is 21.7. The largest absolute Gasteiger partial charge is 0.353 e. The number of anilines is 1. The fraction of sp³-hybridized carbons (Fsp3) is 0.0714. The third kappa shape index (κ3) is 3.88. The Balaban J connectivity index is 1.42. The van der Waals surface area contributed by atoms with Gasteiger partial charge in [0.15, 0.2) is 5.65 Å². The number of carbonyl (C=O) groups excluding carboxylic acids is 1. The molecule has 3 N–H and O–H groups in total. The lowest BCUT2D eigenvalue weighted by atomic mass is 10.0. The number of carbonyl (C=O) groups is 1. The number of halogens is 1. The highest BCUT2D eigenvalue weighted by Gasteiger charge is 2.15. The second-order valence-electron chi connectivity index (χ2n) is 8.51. The third-order valence-corrected chi connectivity index (χ3v) is 6.17. The topological polar surface area (TPSA) is 99.3 Å². The van der Waals surface area contributed by atoms with Crippen molar-refractivity contribution in [3.63, 3.8) is 0 Å². The smallest absolute Gasteiger partial charge is 0.224 e. The molecule has 7 nitrogen and oxygen atoms in total. The first-order valence-electron chi connectivity index (χ1n) is 11.6. The molecule has 8 heteroatoms. The molecule has 4 aromatic heterocycles. The Hall–Kier alpha value is -4.85. The minimum absolute atomic E-state index is 0.0709. The lowest BCUT2D eigenvalue weighted by Gasteiger charge is -2.06. The Kier molecular flexibility index (Phi) is 5.26. The number of nitrogens with one attached hydrogen (secondary N) is 3. The van der Waals surface area contributed by atoms with Gasteiger partial charge in [-0.15, -0.1) is 0 Å². The van der Waals surface area contributed by atoms with Crippen LogP contribution in [0.2, 0.25) is 0 Å². The SMILES string of the molecule is CCC(=O)Nc1cncc(-c2cnc3[nH]nc(-c4cc5c(-c6ccc(F)cc6)cccc5[nH]4)c3c2)c1. The number of pyridine rings is 2. The Morgan fingerprint density at radius 2 is 1.78 bits per heavy atom. The van der Waals surface area contributed by atoms with E-state index in [-0.39, 0.29) is 11.7 Å². The standard InChI is InChI=1S/C28H21FN6O/c1-2-26(36)32-20-10-17(13-30-15-20)18-11-23-27(34-35-28(23)31-14-18)25-12-22-21(4-3-5-24(22)33-25)16-6-8-19(29)9-7-16/h3-15,33H,2H2,1H3,(H,32,36)(H,31,34,35). The van der Waals surface area contributed by atoms with Gasteiger partial charge in [0.05, 0.1) is 17.6 Å². The summed E-state index contributed by atoms with van der Waals surface area (Å²) in [6.45, 7) is 1.80. The molecule has 176 valence electrons. The monoisotopic (exact) mass is 476 g/mol. The van der Waals surface area contributed by atoms with Crippen LogP contribution in [0.1, 0.15) is 13.3 Å². The molecule has 0 saturated carbocycles. The van der Waals surface area contributed by atoms with Gasteiger partial charge < -0.3 is 10.3 Å². The normalized spacial score (nSPS) is 11.3. The van der Waals surface area contributed by atoms with Gasteiger partial charge in [-0.1, -0.05) is 31.2 Å². The van der Waals surface area contributed by atoms with Crippen LogP contribution in [0.15, 0.2) is 79.3 Å². The number of aromatic nitrogens is 5. The van der Waals surface area contributed by atoms with E-state index in [0.29, 0.717) is 17.8 Å². The van der Waals surface area contributed by atoms with Crippen molar-refractivity contribution in [1.29, 1.82) is 0 Å². The molecule has 0 atom stereocenters. The van der Waals surface area contributed by atoms with Crippen LogP contribution in [0.4, 0.5) is 10.1 Å². The number of hydrogen-bond donors (Lipinski definition) is 3. The summed E-state index contributed by atoms with van der Waals surface area (Å²) in [4.78, 5) is 24.1. The minimum Gasteiger partial charge on any atom is -0.353 e. The van der Waals surface area contributed by atoms with Gasteiger partial charge in [0.2, 0.25) is 5.91 Å². The van der Waals surface area contributed by atoms with Gasteiger partial charge in [-0.3, -0.25) is 14.9 Å². The molecule has 36 heavy (non-hydrogen) atoms. The number of H-pyrrole nitrogens is 2. The van der Waals surface area contributed by atoms with Gasteiger partial charge in [-0.05, 0) is 47.5 Å². The summed E-state index contributed by atoms with van der Waals surface area (Å²) in [6, 6.07) is 18.4. The molecule has 0 radical (unpaired) electrons. The number of amides is 1. The molecular formula is C28H21FN6O. The first-order valence-corrected chi connectivity index (χ1v) is 11.6. The molecular weight excluding hydrogens is 455 g/mol. The third-order valence-electron chi connectivity index (χ3n) is 6.17. The average molecular weight is 477 g/mol. The molecule has 0 aliphatic heterocycles. The van der Waals surface area contributed by atoms with Crippen molar-refractivity contribution in [2.45, 2.75) is 13.3 Å². The number of fused-ring (bicyclic) bond motifs is 2. The Labute approximate surface area is 205 Å². The van der Waals surface area contributed by atoms with Crippen LogP contribution in [-0.4, -0.2) is 31.1 Å². The summed E-state index contributed by atoms with van der Waals surface area (Å²) >= 11 is 0. The second kappa shape index (κ2) is 8.74. The van der Waals surface area contributed by atoms with Crippen molar-refractivity contribution in [2.24, 2.45) is 0 Å². The number of rotatable bonds is 5. The van der Waals surface area contributed by atoms with Crippen LogP contribution in [0.3, 0.4) is 0 Å². The summed E-state index contributed by atoms with van der Waals surface area (Å²) in [6.07, 6.45) is 5.51. The van der Waals surface area contributed by atoms with Crippen molar-refractivity contribution in [3.8, 4) is 33.6 Å². The minimum atomic E-state index is -0.263. The summed E-state index contributed by atoms with van der Waals surface area (Å²) in [7, 11) is 0. The van der Waals surface area contributed by atoms with E-state index < -0.39 is 0 Å². The maximum atomic E-state index is 13.5. The molecule has 0 aliphatic carbocycles. The maximum Gasteiger partial charge on any atom is 0.224 e. The summed E-state index contributed by atoms with van der Waals surface area (Å²) in [5.41, 5.74) is 7.46. The lowest BCUT2D eigenvalue weighted by molar-refractivity contribution is -0.115. The molecule has 0 fully saturated rings. The summed E-state index contributed by atoms with van der Waals surface area (Å²) in [5, 5.41) is 12.3. The van der Waals surface area contributed by atoms with Gasteiger partial charge in [0.1, 0.15) is 11.5 Å². The Bertz CT molecular complexity index is 1740. The van der Waals surface area contributed by atoms with Gasteiger partial charge >= 0.3 is 0 Å². The number of hydrogen-bond acceptors (Lipinski definition) is 4. The molecule has 0 bridgehead atoms. The van der Waals surface area contributed by atoms with Crippen LogP contribution in [-0.2, 0) is 4.79 Å². The van der Waals surface area contributed by atoms with E-state index in [1.807, 2.05) is 30.3 Å². The molecule has 6 aromatic rings. The van der Waals surface area contributed by atoms with Crippen LogP contribution in [0, 0.1) is 5.82 Å². The quantitative estimate of drug-likeness (QED) is 0.271. The lowest BCUT2D eigenvalue weighted by Crippen LogP contribution is -2.09. The van der Waals surface area contributed by atoms with Crippen LogP contribution < -0.4 is 5.32 Å². The zero-order valence-electron chi connectivity index (χ0n) is 19.3. The number of nitrogens with zero attached hydrogens (tertiary/aromatic N) is 3. The molecule has 1 amide bonds. The van der Waals surface area contributed by atoms with Gasteiger partial charge in [0.25, 0.3) is 0 Å². The van der Waals surface area contributed by atoms with E-state index in [1.54, 1.807) is 37.6 Å². The number of benzene rings is 2. The van der Waals surface area contributed by atoms with Gasteiger partial charge in [-0.2, -0.15) is 5.10 Å². The average Bonchev–Trinajstić information content (AvgIpc) is 3.53. The highest BCUT2D eigenvalue weighted by molar-refractivity contribution is 6.01. The van der Waals surface area contributed by atoms with Crippen molar-refractivity contribution in [1.82, 2.24) is 25.1 Å². The van der Waals surface area contributed by atoms with Crippen molar-refractivity contribution >= 4 is 33.5 Å². The predicted molar refractivity (Wildman–Crippen MR) is 139 cm³/mol. The van der Waals surface area contributed by atoms with Crippen LogP contribution in [0.25, 0.3) is 55.6 Å². The summed E-state index contributed by atoms with van der Waals surface area (Å²) in [5.74, 6) is -0.334. The zero-order valence-corrected chi connectivity index (χ0v) is 19.3. The molecule has 0 saturated heterocycles. The van der Waals surface area contributed by atoms with Gasteiger partial charge in [0, 0.05) is 46.2 Å². The second-order valence-corrected chi connectivity index (χ2v) is 8.51. The van der Waals surface area contributed by atoms with E-state index in [1.165, 1.54) is 12.1 Å². The molecule has 6 rings (SSSR count). The van der Waals surface area contributed by atoms with E-state index in [0.717, 1.165) is 49.9 Å². The molecule has 0 unspecified atom stereocenters. The fourth-order valence-corrected chi connectivity index (χ4v) is 4.35. The highest BCUT2D eigenvalue weighted by atomic mass is 19.1. The summed E-state index contributed by atoms with van der Waals surface area (Å²) < 4.78 is 13.5. The van der Waals surface area contributed by atoms with Crippen molar-refractivity contribution in [2.75, 3.05) is 5.32 Å². The molecule has 2 aromatic carbocycles. The van der Waals surface area contributed by atoms with Crippen LogP contribution >= 0.6 is 0 Å². The van der Waals surface area contributed by atoms with E-state index in [4.69, 9.17) is 0 Å². The molecule has 0 spiro atoms. The maximum absolute atomic E-state index is 13.5. The van der Waals surface area contributed by atoms with Gasteiger partial charge in [-0.25, -0.2) is 9.37 Å². The molecule has 4 heterocycles. The number of aromatic amines is 2. The first-order chi connectivity index (χ1) is 17.6. The van der Waals surface area contributed by atoms with Crippen molar-refractivity contribution < 1.29 is 9.18 Å². The van der Waals surface area contributed by atoms with E-state index >= 15 is 0 Å².